The Morgan fingerprint density at radius 2 is 2.11 bits per heavy atom. The van der Waals surface area contributed by atoms with Gasteiger partial charge in [0.1, 0.15) is 12.2 Å². The number of carbonyl (C=O) groups excluding carboxylic acids is 1. The molecule has 3 unspecified atom stereocenters. The zero-order valence-electron chi connectivity index (χ0n) is 15.8. The Kier molecular flexibility index (Phi) is 4.99. The van der Waals surface area contributed by atoms with Crippen LogP contribution in [0.3, 0.4) is 0 Å². The number of amides is 1. The number of carboxylic acid groups (broad SMARTS) is 1. The lowest BCUT2D eigenvalue weighted by atomic mass is 9.81. The van der Waals surface area contributed by atoms with Crippen molar-refractivity contribution in [2.45, 2.75) is 38.3 Å². The monoisotopic (exact) mass is 393 g/mol. The third-order valence-electron chi connectivity index (χ3n) is 6.21. The second kappa shape index (κ2) is 7.31. The number of nitrogens with one attached hydrogen (secondary N) is 1. The minimum absolute atomic E-state index is 0.104. The molecule has 8 heteroatoms. The number of aliphatic carboxylic acids is 1. The average molecular weight is 393 g/mol. The summed E-state index contributed by atoms with van der Waals surface area (Å²) in [5.74, 6) is -2.25. The number of carbonyl (C=O) groups is 2. The molecule has 1 saturated heterocycles. The lowest BCUT2D eigenvalue weighted by molar-refractivity contribution is -0.138. The summed E-state index contributed by atoms with van der Waals surface area (Å²) in [6.07, 6.45) is 5.52. The van der Waals surface area contributed by atoms with Crippen LogP contribution < -0.4 is 5.32 Å². The molecule has 3 aliphatic heterocycles. The summed E-state index contributed by atoms with van der Waals surface area (Å²) in [7, 11) is 0. The average Bonchev–Trinajstić information content (AvgIpc) is 3.39. The fourth-order valence-electron chi connectivity index (χ4n) is 4.78. The highest BCUT2D eigenvalue weighted by atomic mass is 19.1. The third kappa shape index (κ3) is 3.23. The highest BCUT2D eigenvalue weighted by Gasteiger charge is 2.48. The van der Waals surface area contributed by atoms with Crippen molar-refractivity contribution in [1.29, 1.82) is 0 Å². The number of rotatable bonds is 6. The van der Waals surface area contributed by atoms with Gasteiger partial charge < -0.3 is 20.2 Å². The lowest BCUT2D eigenvalue weighted by Crippen LogP contribution is -2.50. The van der Waals surface area contributed by atoms with Gasteiger partial charge in [-0.05, 0) is 37.7 Å². The van der Waals surface area contributed by atoms with Gasteiger partial charge >= 0.3 is 5.97 Å². The van der Waals surface area contributed by atoms with Crippen LogP contribution in [0.2, 0.25) is 0 Å². The van der Waals surface area contributed by atoms with Crippen LogP contribution in [0.5, 0.6) is 0 Å². The molecular formula is C20H25F2N3O3. The van der Waals surface area contributed by atoms with Gasteiger partial charge in [-0.25, -0.2) is 13.6 Å². The van der Waals surface area contributed by atoms with Gasteiger partial charge in [-0.3, -0.25) is 4.79 Å². The molecule has 28 heavy (non-hydrogen) atoms. The Balaban J connectivity index is 1.66. The van der Waals surface area contributed by atoms with Crippen molar-refractivity contribution in [3.05, 3.63) is 34.9 Å². The molecule has 1 saturated carbocycles. The van der Waals surface area contributed by atoms with Gasteiger partial charge in [-0.1, -0.05) is 6.08 Å². The second-order valence-electron chi connectivity index (χ2n) is 8.04. The van der Waals surface area contributed by atoms with E-state index in [1.54, 1.807) is 6.08 Å². The normalized spacial score (nSPS) is 30.4. The molecule has 3 atom stereocenters. The molecule has 152 valence electrons. The van der Waals surface area contributed by atoms with Crippen LogP contribution in [-0.4, -0.2) is 65.2 Å². The van der Waals surface area contributed by atoms with Gasteiger partial charge in [0.05, 0.1) is 11.7 Å². The molecule has 0 spiro atoms. The molecule has 1 aliphatic carbocycles. The molecule has 2 fully saturated rings. The van der Waals surface area contributed by atoms with Crippen LogP contribution >= 0.6 is 0 Å². The summed E-state index contributed by atoms with van der Waals surface area (Å²) in [6, 6.07) is -0.247. The highest BCUT2D eigenvalue weighted by molar-refractivity contribution is 6.16. The Labute approximate surface area is 162 Å². The largest absolute Gasteiger partial charge is 0.478 e. The van der Waals surface area contributed by atoms with Crippen LogP contribution in [-0.2, 0) is 9.59 Å². The SMILES string of the molecule is CC1=C(N2CCC(NCCF)C2)C(F)=CN2C(=O)C(C(=O)O)=CC(C3CC3)C12. The van der Waals surface area contributed by atoms with Crippen LogP contribution in [0.15, 0.2) is 34.9 Å². The maximum Gasteiger partial charge on any atom is 0.341 e. The zero-order chi connectivity index (χ0) is 20.0. The Morgan fingerprint density at radius 3 is 2.75 bits per heavy atom. The van der Waals surface area contributed by atoms with Gasteiger partial charge in [-0.15, -0.1) is 0 Å². The summed E-state index contributed by atoms with van der Waals surface area (Å²) in [4.78, 5) is 27.4. The Bertz CT molecular complexity index is 788. The van der Waals surface area contributed by atoms with Gasteiger partial charge in [-0.2, -0.15) is 0 Å². The molecule has 4 aliphatic rings. The van der Waals surface area contributed by atoms with Crippen molar-refractivity contribution in [2.75, 3.05) is 26.3 Å². The van der Waals surface area contributed by atoms with E-state index in [2.05, 4.69) is 5.32 Å². The third-order valence-corrected chi connectivity index (χ3v) is 6.21. The van der Waals surface area contributed by atoms with Crippen molar-refractivity contribution in [1.82, 2.24) is 15.1 Å². The van der Waals surface area contributed by atoms with E-state index in [1.165, 1.54) is 11.1 Å². The number of hydrogen-bond acceptors (Lipinski definition) is 4. The minimum atomic E-state index is -1.27. The maximum absolute atomic E-state index is 15.1. The predicted molar refractivity (Wildman–Crippen MR) is 98.4 cm³/mol. The van der Waals surface area contributed by atoms with E-state index in [0.717, 1.165) is 24.8 Å². The van der Waals surface area contributed by atoms with E-state index in [0.29, 0.717) is 24.7 Å². The standard InChI is InChI=1S/C20H25F2N3O3/c1-11-17-14(12-2-3-12)8-15(20(27)28)19(26)25(17)10-16(22)18(11)24-7-4-13(9-24)23-6-5-21/h8,10,12-14,17,23H,2-7,9H2,1H3,(H,27,28). The topological polar surface area (TPSA) is 72.9 Å². The number of allylic oxidation sites excluding steroid dienone is 1. The number of alkyl halides is 1. The van der Waals surface area contributed by atoms with Gasteiger partial charge in [0, 0.05) is 37.8 Å². The summed E-state index contributed by atoms with van der Waals surface area (Å²) >= 11 is 0. The Morgan fingerprint density at radius 1 is 1.36 bits per heavy atom. The smallest absolute Gasteiger partial charge is 0.341 e. The molecule has 0 aromatic carbocycles. The maximum atomic E-state index is 15.1. The first-order chi connectivity index (χ1) is 13.4. The molecule has 0 bridgehead atoms. The quantitative estimate of drug-likeness (QED) is 0.675. The van der Waals surface area contributed by atoms with Crippen molar-refractivity contribution in [3.8, 4) is 0 Å². The number of fused-ring (bicyclic) bond motifs is 1. The predicted octanol–water partition coefficient (Wildman–Crippen LogP) is 1.97. The van der Waals surface area contributed by atoms with Crippen LogP contribution in [0.25, 0.3) is 0 Å². The first-order valence-electron chi connectivity index (χ1n) is 9.83. The number of halogens is 2. The second-order valence-corrected chi connectivity index (χ2v) is 8.04. The van der Waals surface area contributed by atoms with E-state index >= 15 is 4.39 Å². The van der Waals surface area contributed by atoms with Crippen LogP contribution in [0.4, 0.5) is 8.78 Å². The summed E-state index contributed by atoms with van der Waals surface area (Å²) < 4.78 is 27.5. The van der Waals surface area contributed by atoms with E-state index in [-0.39, 0.29) is 30.1 Å². The van der Waals surface area contributed by atoms with Crippen molar-refractivity contribution >= 4 is 11.9 Å². The molecule has 2 N–H and O–H groups in total. The molecule has 0 aromatic rings. The van der Waals surface area contributed by atoms with Gasteiger partial charge in [0.25, 0.3) is 5.91 Å². The lowest BCUT2D eigenvalue weighted by Gasteiger charge is -2.43. The highest BCUT2D eigenvalue weighted by Crippen LogP contribution is 2.47. The van der Waals surface area contributed by atoms with Crippen LogP contribution in [0, 0.1) is 11.8 Å². The van der Waals surface area contributed by atoms with Crippen molar-refractivity contribution < 1.29 is 23.5 Å². The fourth-order valence-corrected chi connectivity index (χ4v) is 4.78. The van der Waals surface area contributed by atoms with Gasteiger partial charge in [0.2, 0.25) is 0 Å². The van der Waals surface area contributed by atoms with E-state index in [4.69, 9.17) is 0 Å². The number of carboxylic acids is 1. The van der Waals surface area contributed by atoms with E-state index in [1.807, 2.05) is 11.8 Å². The van der Waals surface area contributed by atoms with E-state index in [9.17, 15) is 19.1 Å². The first kappa shape index (κ1) is 19.1. The Hall–Kier alpha value is -2.22. The summed E-state index contributed by atoms with van der Waals surface area (Å²) in [5.41, 5.74) is 0.985. The molecule has 0 aromatic heterocycles. The molecule has 6 nitrogen and oxygen atoms in total. The molecule has 1 amide bonds. The van der Waals surface area contributed by atoms with Gasteiger partial charge in [0.15, 0.2) is 5.83 Å². The summed E-state index contributed by atoms with van der Waals surface area (Å²) in [5, 5.41) is 12.5. The first-order valence-corrected chi connectivity index (χ1v) is 9.83. The zero-order valence-corrected chi connectivity index (χ0v) is 15.8. The molecule has 0 radical (unpaired) electrons. The molecular weight excluding hydrogens is 368 g/mol. The fraction of sp³-hybridized carbons (Fsp3) is 0.600. The number of likely N-dealkylation sites (tertiary alicyclic amines) is 1. The number of nitrogens with zero attached hydrogens (tertiary/aromatic N) is 2. The summed E-state index contributed by atoms with van der Waals surface area (Å²) in [6.45, 7) is 2.92. The molecule has 4 rings (SSSR count). The van der Waals surface area contributed by atoms with E-state index < -0.39 is 24.4 Å². The van der Waals surface area contributed by atoms with Crippen molar-refractivity contribution in [3.63, 3.8) is 0 Å². The van der Waals surface area contributed by atoms with Crippen molar-refractivity contribution in [2.24, 2.45) is 11.8 Å². The molecule has 3 heterocycles. The number of hydrogen-bond donors (Lipinski definition) is 2. The van der Waals surface area contributed by atoms with Crippen LogP contribution in [0.1, 0.15) is 26.2 Å². The minimum Gasteiger partial charge on any atom is -0.478 e.